The van der Waals surface area contributed by atoms with Gasteiger partial charge in [0.05, 0.1) is 15.5 Å². The van der Waals surface area contributed by atoms with E-state index in [4.69, 9.17) is 4.74 Å². The Kier molecular flexibility index (Phi) is 7.35. The van der Waals surface area contributed by atoms with Gasteiger partial charge in [0.1, 0.15) is 0 Å². The van der Waals surface area contributed by atoms with E-state index in [-0.39, 0.29) is 10.8 Å². The number of nitrogens with one attached hydrogen (secondary N) is 2. The number of carbonyl (C=O) groups is 1. The summed E-state index contributed by atoms with van der Waals surface area (Å²) in [4.78, 5) is 18.0. The highest BCUT2D eigenvalue weighted by atomic mass is 32.2. The minimum Gasteiger partial charge on any atom is -0.381 e. The predicted octanol–water partition coefficient (Wildman–Crippen LogP) is 5.29. The molecular weight excluding hydrogens is 470 g/mol. The van der Waals surface area contributed by atoms with Crippen molar-refractivity contribution in [3.8, 4) is 10.4 Å². The zero-order valence-electron chi connectivity index (χ0n) is 19.6. The van der Waals surface area contributed by atoms with Crippen LogP contribution in [0.3, 0.4) is 0 Å². The summed E-state index contributed by atoms with van der Waals surface area (Å²) in [6.45, 7) is 6.96. The summed E-state index contributed by atoms with van der Waals surface area (Å²) in [5, 5.41) is 3.43. The summed E-state index contributed by atoms with van der Waals surface area (Å²) in [6.07, 6.45) is 2.24. The molecule has 1 amide bonds. The maximum absolute atomic E-state index is 13.2. The summed E-state index contributed by atoms with van der Waals surface area (Å²) in [6, 6.07) is 12.6. The molecule has 0 spiro atoms. The Bertz CT molecular complexity index is 1300. The fourth-order valence-corrected chi connectivity index (χ4v) is 6.35. The van der Waals surface area contributed by atoms with Crippen LogP contribution in [0.15, 0.2) is 47.4 Å². The summed E-state index contributed by atoms with van der Waals surface area (Å²) < 4.78 is 34.3. The molecule has 0 aliphatic carbocycles. The van der Waals surface area contributed by atoms with Crippen molar-refractivity contribution >= 4 is 38.1 Å². The van der Waals surface area contributed by atoms with Crippen LogP contribution in [0.5, 0.6) is 0 Å². The molecule has 3 aromatic rings. The first-order valence-electron chi connectivity index (χ1n) is 11.3. The average Bonchev–Trinajstić information content (AvgIpc) is 3.14. The molecule has 2 aromatic carbocycles. The first-order chi connectivity index (χ1) is 16.2. The second-order valence-corrected chi connectivity index (χ2v) is 11.3. The summed E-state index contributed by atoms with van der Waals surface area (Å²) >= 11 is 1.35. The van der Waals surface area contributed by atoms with Crippen molar-refractivity contribution in [2.75, 3.05) is 23.3 Å². The quantitative estimate of drug-likeness (QED) is 0.460. The number of amides is 1. The van der Waals surface area contributed by atoms with Gasteiger partial charge >= 0.3 is 0 Å². The van der Waals surface area contributed by atoms with E-state index in [9.17, 15) is 13.2 Å². The lowest BCUT2D eigenvalue weighted by atomic mass is 9.96. The molecule has 1 fully saturated rings. The molecule has 7 nitrogen and oxygen atoms in total. The number of hydrogen-bond acceptors (Lipinski definition) is 6. The number of anilines is 2. The lowest BCUT2D eigenvalue weighted by Crippen LogP contribution is -2.22. The van der Waals surface area contributed by atoms with Crippen LogP contribution in [-0.2, 0) is 19.6 Å². The van der Waals surface area contributed by atoms with Crippen LogP contribution in [-0.4, -0.2) is 32.5 Å². The Morgan fingerprint density at radius 2 is 1.88 bits per heavy atom. The van der Waals surface area contributed by atoms with Crippen LogP contribution >= 0.6 is 11.3 Å². The second kappa shape index (κ2) is 10.2. The molecule has 180 valence electrons. The van der Waals surface area contributed by atoms with Crippen molar-refractivity contribution < 1.29 is 17.9 Å². The number of hydrogen-bond donors (Lipinski definition) is 2. The molecule has 0 saturated carbocycles. The van der Waals surface area contributed by atoms with Crippen molar-refractivity contribution in [2.24, 2.45) is 5.92 Å². The number of benzene rings is 2. The standard InChI is InChI=1S/C25H29N3O4S2/c1-16-5-4-6-21(13-16)28-34(30,31)22-15-20(8-7-17(22)2)24-18(3)26-25(33-24)27-23(29)14-19-9-11-32-12-10-19/h4-8,13,15,19,28H,9-12,14H2,1-3H3,(H,26,27,29). The monoisotopic (exact) mass is 499 g/mol. The minimum atomic E-state index is -3.78. The van der Waals surface area contributed by atoms with Crippen LogP contribution in [0.2, 0.25) is 0 Å². The van der Waals surface area contributed by atoms with Gasteiger partial charge in [-0.1, -0.05) is 35.6 Å². The van der Waals surface area contributed by atoms with Gasteiger partial charge in [-0.3, -0.25) is 9.52 Å². The van der Waals surface area contributed by atoms with Crippen molar-refractivity contribution in [2.45, 2.75) is 44.9 Å². The van der Waals surface area contributed by atoms with Crippen LogP contribution in [0.4, 0.5) is 10.8 Å². The molecular formula is C25H29N3O4S2. The smallest absolute Gasteiger partial charge is 0.262 e. The number of rotatable bonds is 7. The van der Waals surface area contributed by atoms with E-state index in [1.807, 2.05) is 32.0 Å². The summed E-state index contributed by atoms with van der Waals surface area (Å²) in [7, 11) is -3.78. The van der Waals surface area contributed by atoms with E-state index >= 15 is 0 Å². The SMILES string of the molecule is Cc1cccc(NS(=O)(=O)c2cc(-c3sc(NC(=O)CC4CCOCC4)nc3C)ccc2C)c1. The van der Waals surface area contributed by atoms with Crippen LogP contribution < -0.4 is 10.0 Å². The molecule has 1 aliphatic heterocycles. The molecule has 34 heavy (non-hydrogen) atoms. The number of thiazole rings is 1. The van der Waals surface area contributed by atoms with Gasteiger partial charge in [0, 0.05) is 25.3 Å². The van der Waals surface area contributed by atoms with Gasteiger partial charge in [-0.25, -0.2) is 13.4 Å². The van der Waals surface area contributed by atoms with E-state index < -0.39 is 10.0 Å². The Hall–Kier alpha value is -2.75. The fourth-order valence-electron chi connectivity index (χ4n) is 4.05. The molecule has 0 unspecified atom stereocenters. The van der Waals surface area contributed by atoms with Crippen LogP contribution in [0.1, 0.15) is 36.1 Å². The lowest BCUT2D eigenvalue weighted by molar-refractivity contribution is -0.117. The summed E-state index contributed by atoms with van der Waals surface area (Å²) in [5.41, 5.74) is 3.63. The third-order valence-electron chi connectivity index (χ3n) is 5.87. The number of carbonyl (C=O) groups excluding carboxylic acids is 1. The number of sulfonamides is 1. The molecule has 2 N–H and O–H groups in total. The van der Waals surface area contributed by atoms with Crippen molar-refractivity contribution in [3.05, 3.63) is 59.3 Å². The Morgan fingerprint density at radius 3 is 2.62 bits per heavy atom. The van der Waals surface area contributed by atoms with Crippen LogP contribution in [0, 0.1) is 26.7 Å². The van der Waals surface area contributed by atoms with Crippen LogP contribution in [0.25, 0.3) is 10.4 Å². The zero-order chi connectivity index (χ0) is 24.3. The maximum atomic E-state index is 13.2. The molecule has 2 heterocycles. The largest absolute Gasteiger partial charge is 0.381 e. The van der Waals surface area contributed by atoms with E-state index in [0.717, 1.165) is 34.5 Å². The molecule has 0 radical (unpaired) electrons. The molecule has 1 aliphatic rings. The highest BCUT2D eigenvalue weighted by Crippen LogP contribution is 2.35. The third kappa shape index (κ3) is 5.84. The molecule has 0 atom stereocenters. The molecule has 9 heteroatoms. The highest BCUT2D eigenvalue weighted by molar-refractivity contribution is 7.92. The van der Waals surface area contributed by atoms with Gasteiger partial charge in [-0.05, 0) is 74.4 Å². The summed E-state index contributed by atoms with van der Waals surface area (Å²) in [5.74, 6) is 0.279. The Labute approximate surface area is 204 Å². The fraction of sp³-hybridized carbons (Fsp3) is 0.360. The van der Waals surface area contributed by atoms with Gasteiger partial charge in [0.2, 0.25) is 5.91 Å². The van der Waals surface area contributed by atoms with Gasteiger partial charge in [-0.15, -0.1) is 0 Å². The second-order valence-electron chi connectivity index (χ2n) is 8.70. The van der Waals surface area contributed by atoms with Gasteiger partial charge < -0.3 is 10.1 Å². The van der Waals surface area contributed by atoms with Gasteiger partial charge in [-0.2, -0.15) is 0 Å². The minimum absolute atomic E-state index is 0.0540. The first kappa shape index (κ1) is 24.4. The zero-order valence-corrected chi connectivity index (χ0v) is 21.2. The van der Waals surface area contributed by atoms with Gasteiger partial charge in [0.15, 0.2) is 5.13 Å². The van der Waals surface area contributed by atoms with E-state index in [2.05, 4.69) is 15.0 Å². The number of aromatic nitrogens is 1. The van der Waals surface area contributed by atoms with Crippen molar-refractivity contribution in [1.82, 2.24) is 4.98 Å². The topological polar surface area (TPSA) is 97.4 Å². The first-order valence-corrected chi connectivity index (χ1v) is 13.6. The molecule has 0 bridgehead atoms. The Balaban J connectivity index is 1.54. The molecule has 4 rings (SSSR count). The predicted molar refractivity (Wildman–Crippen MR) is 136 cm³/mol. The van der Waals surface area contributed by atoms with Gasteiger partial charge in [0.25, 0.3) is 10.0 Å². The maximum Gasteiger partial charge on any atom is 0.262 e. The number of nitrogens with zero attached hydrogens (tertiary/aromatic N) is 1. The molecule has 1 saturated heterocycles. The lowest BCUT2D eigenvalue weighted by Gasteiger charge is -2.20. The van der Waals surface area contributed by atoms with E-state index in [1.165, 1.54) is 11.3 Å². The van der Waals surface area contributed by atoms with Crippen molar-refractivity contribution in [3.63, 3.8) is 0 Å². The highest BCUT2D eigenvalue weighted by Gasteiger charge is 2.21. The normalized spacial score (nSPS) is 14.7. The van der Waals surface area contributed by atoms with E-state index in [1.54, 1.807) is 31.2 Å². The van der Waals surface area contributed by atoms with Crippen molar-refractivity contribution in [1.29, 1.82) is 0 Å². The Morgan fingerprint density at radius 1 is 1.12 bits per heavy atom. The average molecular weight is 500 g/mol. The third-order valence-corrected chi connectivity index (χ3v) is 8.51. The number of aryl methyl sites for hydroxylation is 3. The number of ether oxygens (including phenoxy) is 1. The molecule has 1 aromatic heterocycles. The van der Waals surface area contributed by atoms with E-state index in [0.29, 0.717) is 41.9 Å².